The third-order valence-corrected chi connectivity index (χ3v) is 3.25. The standard InChI is InChI=1S/C11H16ClNOS/c1-8(12)4-3-7-13-11(14)10-6-5-9(2)15-10/h5-6,8H,3-4,7H2,1-2H3,(H,13,14). The number of nitrogens with one attached hydrogen (secondary N) is 1. The van der Waals surface area contributed by atoms with E-state index >= 15 is 0 Å². The summed E-state index contributed by atoms with van der Waals surface area (Å²) in [5.74, 6) is 0.0234. The third-order valence-electron chi connectivity index (χ3n) is 2.03. The molecule has 1 rings (SSSR count). The molecular weight excluding hydrogens is 230 g/mol. The van der Waals surface area contributed by atoms with E-state index in [4.69, 9.17) is 11.6 Å². The number of rotatable bonds is 5. The predicted molar refractivity (Wildman–Crippen MR) is 65.9 cm³/mol. The summed E-state index contributed by atoms with van der Waals surface area (Å²) in [6.45, 7) is 4.66. The zero-order valence-corrected chi connectivity index (χ0v) is 10.6. The second kappa shape index (κ2) is 6.13. The van der Waals surface area contributed by atoms with Crippen molar-refractivity contribution in [1.29, 1.82) is 0 Å². The molecule has 0 fully saturated rings. The van der Waals surface area contributed by atoms with Crippen LogP contribution in [-0.4, -0.2) is 17.8 Å². The van der Waals surface area contributed by atoms with Crippen molar-refractivity contribution in [2.45, 2.75) is 32.1 Å². The van der Waals surface area contributed by atoms with Gasteiger partial charge in [0, 0.05) is 16.8 Å². The van der Waals surface area contributed by atoms with Gasteiger partial charge < -0.3 is 5.32 Å². The molecule has 1 N–H and O–H groups in total. The topological polar surface area (TPSA) is 29.1 Å². The molecule has 0 aliphatic rings. The molecule has 0 bridgehead atoms. The lowest BCUT2D eigenvalue weighted by Crippen LogP contribution is -2.23. The number of amides is 1. The van der Waals surface area contributed by atoms with Crippen LogP contribution in [0.3, 0.4) is 0 Å². The van der Waals surface area contributed by atoms with Crippen LogP contribution in [0.2, 0.25) is 0 Å². The Morgan fingerprint density at radius 3 is 2.87 bits per heavy atom. The van der Waals surface area contributed by atoms with Crippen LogP contribution in [-0.2, 0) is 0 Å². The average Bonchev–Trinajstić information content (AvgIpc) is 2.59. The van der Waals surface area contributed by atoms with Gasteiger partial charge in [0.1, 0.15) is 0 Å². The summed E-state index contributed by atoms with van der Waals surface area (Å²) < 4.78 is 0. The van der Waals surface area contributed by atoms with Crippen molar-refractivity contribution in [3.05, 3.63) is 21.9 Å². The fourth-order valence-electron chi connectivity index (χ4n) is 1.23. The monoisotopic (exact) mass is 245 g/mol. The summed E-state index contributed by atoms with van der Waals surface area (Å²) >= 11 is 7.32. The van der Waals surface area contributed by atoms with Crippen LogP contribution in [0, 0.1) is 6.92 Å². The molecule has 0 aliphatic carbocycles. The maximum atomic E-state index is 11.6. The van der Waals surface area contributed by atoms with Crippen LogP contribution in [0.15, 0.2) is 12.1 Å². The summed E-state index contributed by atoms with van der Waals surface area (Å²) in [6, 6.07) is 3.82. The Bertz CT molecular complexity index is 322. The second-order valence-electron chi connectivity index (χ2n) is 3.59. The van der Waals surface area contributed by atoms with Gasteiger partial charge in [0.15, 0.2) is 0 Å². The molecule has 0 spiro atoms. The lowest BCUT2D eigenvalue weighted by molar-refractivity contribution is 0.0957. The van der Waals surface area contributed by atoms with Crippen molar-refractivity contribution >= 4 is 28.8 Å². The molecule has 0 saturated heterocycles. The van der Waals surface area contributed by atoms with Crippen LogP contribution in [0.5, 0.6) is 0 Å². The summed E-state index contributed by atoms with van der Waals surface area (Å²) in [7, 11) is 0. The number of aryl methyl sites for hydroxylation is 1. The first-order chi connectivity index (χ1) is 7.09. The van der Waals surface area contributed by atoms with E-state index in [0.717, 1.165) is 22.6 Å². The predicted octanol–water partition coefficient (Wildman–Crippen LogP) is 3.19. The highest BCUT2D eigenvalue weighted by Gasteiger charge is 2.06. The molecule has 0 aromatic carbocycles. The molecule has 1 atom stereocenters. The Morgan fingerprint density at radius 2 is 2.33 bits per heavy atom. The van der Waals surface area contributed by atoms with E-state index in [1.165, 1.54) is 11.3 Å². The van der Waals surface area contributed by atoms with E-state index < -0.39 is 0 Å². The quantitative estimate of drug-likeness (QED) is 0.627. The Hall–Kier alpha value is -0.540. The SMILES string of the molecule is Cc1ccc(C(=O)NCCCC(C)Cl)s1. The van der Waals surface area contributed by atoms with Crippen molar-refractivity contribution in [1.82, 2.24) is 5.32 Å². The van der Waals surface area contributed by atoms with Crippen LogP contribution in [0.1, 0.15) is 34.3 Å². The van der Waals surface area contributed by atoms with Crippen molar-refractivity contribution in [2.24, 2.45) is 0 Å². The summed E-state index contributed by atoms with van der Waals surface area (Å²) in [6.07, 6.45) is 1.87. The second-order valence-corrected chi connectivity index (χ2v) is 5.62. The van der Waals surface area contributed by atoms with E-state index in [-0.39, 0.29) is 11.3 Å². The third kappa shape index (κ3) is 4.67. The molecule has 1 unspecified atom stereocenters. The largest absolute Gasteiger partial charge is 0.351 e. The zero-order valence-electron chi connectivity index (χ0n) is 9.05. The Kier molecular flexibility index (Phi) is 5.12. The molecule has 0 aliphatic heterocycles. The van der Waals surface area contributed by atoms with Crippen molar-refractivity contribution in [3.8, 4) is 0 Å². The summed E-state index contributed by atoms with van der Waals surface area (Å²) in [4.78, 5) is 13.5. The Morgan fingerprint density at radius 1 is 1.60 bits per heavy atom. The molecule has 0 radical (unpaired) electrons. The number of alkyl halides is 1. The van der Waals surface area contributed by atoms with Gasteiger partial charge in [-0.15, -0.1) is 22.9 Å². The number of hydrogen-bond donors (Lipinski definition) is 1. The number of hydrogen-bond acceptors (Lipinski definition) is 2. The van der Waals surface area contributed by atoms with Crippen molar-refractivity contribution in [3.63, 3.8) is 0 Å². The molecule has 4 heteroatoms. The summed E-state index contributed by atoms with van der Waals surface area (Å²) in [5.41, 5.74) is 0. The highest BCUT2D eigenvalue weighted by atomic mass is 35.5. The molecule has 1 amide bonds. The van der Waals surface area contributed by atoms with E-state index in [1.807, 2.05) is 26.0 Å². The van der Waals surface area contributed by atoms with Gasteiger partial charge >= 0.3 is 0 Å². The zero-order chi connectivity index (χ0) is 11.3. The molecule has 1 aromatic rings. The first-order valence-corrected chi connectivity index (χ1v) is 6.33. The maximum Gasteiger partial charge on any atom is 0.261 e. The van der Waals surface area contributed by atoms with Gasteiger partial charge in [-0.05, 0) is 38.8 Å². The Balaban J connectivity index is 2.25. The molecule has 1 aromatic heterocycles. The molecule has 1 heterocycles. The van der Waals surface area contributed by atoms with Gasteiger partial charge in [-0.1, -0.05) is 0 Å². The number of thiophene rings is 1. The summed E-state index contributed by atoms with van der Waals surface area (Å²) in [5, 5.41) is 3.07. The van der Waals surface area contributed by atoms with E-state index in [1.54, 1.807) is 0 Å². The average molecular weight is 246 g/mol. The van der Waals surface area contributed by atoms with E-state index in [0.29, 0.717) is 6.54 Å². The number of carbonyl (C=O) groups is 1. The fraction of sp³-hybridized carbons (Fsp3) is 0.545. The molecular formula is C11H16ClNOS. The Labute approximate surface area is 99.6 Å². The lowest BCUT2D eigenvalue weighted by Gasteiger charge is -2.04. The van der Waals surface area contributed by atoms with Gasteiger partial charge in [-0.2, -0.15) is 0 Å². The van der Waals surface area contributed by atoms with Crippen LogP contribution >= 0.6 is 22.9 Å². The van der Waals surface area contributed by atoms with E-state index in [9.17, 15) is 4.79 Å². The molecule has 2 nitrogen and oxygen atoms in total. The van der Waals surface area contributed by atoms with E-state index in [2.05, 4.69) is 5.32 Å². The minimum absolute atomic E-state index is 0.0234. The van der Waals surface area contributed by atoms with Crippen LogP contribution in [0.25, 0.3) is 0 Å². The molecule has 84 valence electrons. The fourth-order valence-corrected chi connectivity index (χ4v) is 2.17. The van der Waals surface area contributed by atoms with Gasteiger partial charge in [-0.3, -0.25) is 4.79 Å². The molecule has 15 heavy (non-hydrogen) atoms. The van der Waals surface area contributed by atoms with Gasteiger partial charge in [0.2, 0.25) is 0 Å². The number of halogens is 1. The minimum atomic E-state index is 0.0234. The van der Waals surface area contributed by atoms with Gasteiger partial charge in [0.25, 0.3) is 5.91 Å². The van der Waals surface area contributed by atoms with Gasteiger partial charge in [0.05, 0.1) is 4.88 Å². The first kappa shape index (κ1) is 12.5. The lowest BCUT2D eigenvalue weighted by atomic mass is 10.2. The van der Waals surface area contributed by atoms with Crippen LogP contribution in [0.4, 0.5) is 0 Å². The minimum Gasteiger partial charge on any atom is -0.351 e. The highest BCUT2D eigenvalue weighted by molar-refractivity contribution is 7.13. The van der Waals surface area contributed by atoms with Crippen molar-refractivity contribution in [2.75, 3.05) is 6.54 Å². The number of carbonyl (C=O) groups excluding carboxylic acids is 1. The van der Waals surface area contributed by atoms with Crippen LogP contribution < -0.4 is 5.32 Å². The highest BCUT2D eigenvalue weighted by Crippen LogP contribution is 2.14. The van der Waals surface area contributed by atoms with Gasteiger partial charge in [-0.25, -0.2) is 0 Å². The van der Waals surface area contributed by atoms with Crippen molar-refractivity contribution < 1.29 is 4.79 Å². The smallest absolute Gasteiger partial charge is 0.261 e. The normalized spacial score (nSPS) is 12.5. The first-order valence-electron chi connectivity index (χ1n) is 5.08. The molecule has 0 saturated carbocycles. The maximum absolute atomic E-state index is 11.6.